The fourth-order valence-corrected chi connectivity index (χ4v) is 2.49. The zero-order valence-corrected chi connectivity index (χ0v) is 11.9. The second-order valence-electron chi connectivity index (χ2n) is 5.32. The third-order valence-electron chi connectivity index (χ3n) is 3.64. The fraction of sp³-hybridized carbons (Fsp3) is 0.235. The van der Waals surface area contributed by atoms with Crippen LogP contribution in [0.25, 0.3) is 0 Å². The van der Waals surface area contributed by atoms with Crippen molar-refractivity contribution in [3.63, 3.8) is 0 Å². The van der Waals surface area contributed by atoms with Gasteiger partial charge in [0, 0.05) is 11.6 Å². The Labute approximate surface area is 127 Å². The Kier molecular flexibility index (Phi) is 3.20. The maximum atomic E-state index is 11.5. The highest BCUT2D eigenvalue weighted by Crippen LogP contribution is 2.44. The van der Waals surface area contributed by atoms with E-state index in [1.54, 1.807) is 6.07 Å². The van der Waals surface area contributed by atoms with Crippen molar-refractivity contribution in [1.29, 1.82) is 0 Å². The van der Waals surface area contributed by atoms with Crippen LogP contribution in [-0.2, 0) is 16.1 Å². The van der Waals surface area contributed by atoms with E-state index >= 15 is 0 Å². The number of epoxide rings is 1. The van der Waals surface area contributed by atoms with Crippen LogP contribution in [0.4, 0.5) is 5.69 Å². The molecule has 0 radical (unpaired) electrons. The molecule has 0 spiro atoms. The van der Waals surface area contributed by atoms with Crippen LogP contribution >= 0.6 is 0 Å². The number of rotatable bonds is 4. The van der Waals surface area contributed by atoms with Gasteiger partial charge in [-0.2, -0.15) is 0 Å². The lowest BCUT2D eigenvalue weighted by Crippen LogP contribution is -2.26. The lowest BCUT2D eigenvalue weighted by Gasteiger charge is -2.21. The summed E-state index contributed by atoms with van der Waals surface area (Å²) in [5, 5.41) is 2.82. The molecule has 2 aromatic carbocycles. The van der Waals surface area contributed by atoms with Crippen LogP contribution in [0.3, 0.4) is 0 Å². The molecule has 0 aliphatic carbocycles. The molecule has 1 saturated heterocycles. The van der Waals surface area contributed by atoms with Crippen LogP contribution in [0.15, 0.2) is 42.5 Å². The molecule has 1 fully saturated rings. The molecule has 0 aromatic heterocycles. The van der Waals surface area contributed by atoms with Gasteiger partial charge in [0.05, 0.1) is 12.3 Å². The highest BCUT2D eigenvalue weighted by atomic mass is 16.6. The van der Waals surface area contributed by atoms with Crippen molar-refractivity contribution in [3.05, 3.63) is 53.6 Å². The van der Waals surface area contributed by atoms with Gasteiger partial charge in [-0.3, -0.25) is 4.79 Å². The van der Waals surface area contributed by atoms with E-state index in [1.807, 2.05) is 36.4 Å². The van der Waals surface area contributed by atoms with Gasteiger partial charge in [0.1, 0.15) is 24.2 Å². The van der Waals surface area contributed by atoms with Gasteiger partial charge in [0.2, 0.25) is 0 Å². The SMILES string of the molecule is O=C1COc2c(cc(OCc3ccccc3)cc2[C@H]2CO2)N1. The summed E-state index contributed by atoms with van der Waals surface area (Å²) in [6, 6.07) is 13.7. The number of amides is 1. The second kappa shape index (κ2) is 5.35. The molecule has 2 aromatic rings. The number of hydrogen-bond donors (Lipinski definition) is 1. The number of carbonyl (C=O) groups is 1. The van der Waals surface area contributed by atoms with Crippen molar-refractivity contribution < 1.29 is 19.0 Å². The van der Waals surface area contributed by atoms with E-state index < -0.39 is 0 Å². The lowest BCUT2D eigenvalue weighted by molar-refractivity contribution is -0.118. The van der Waals surface area contributed by atoms with Crippen LogP contribution in [0.1, 0.15) is 17.2 Å². The second-order valence-corrected chi connectivity index (χ2v) is 5.32. The third kappa shape index (κ3) is 2.63. The van der Waals surface area contributed by atoms with Crippen LogP contribution in [-0.4, -0.2) is 19.1 Å². The Morgan fingerprint density at radius 1 is 1.23 bits per heavy atom. The number of hydrogen-bond acceptors (Lipinski definition) is 4. The summed E-state index contributed by atoms with van der Waals surface area (Å²) in [7, 11) is 0. The molecule has 0 unspecified atom stereocenters. The number of carbonyl (C=O) groups excluding carboxylic acids is 1. The van der Waals surface area contributed by atoms with Gasteiger partial charge in [-0.05, 0) is 11.6 Å². The average Bonchev–Trinajstić information content (AvgIpc) is 3.37. The van der Waals surface area contributed by atoms with Crippen LogP contribution in [0.2, 0.25) is 0 Å². The van der Waals surface area contributed by atoms with Crippen molar-refractivity contribution in [2.75, 3.05) is 18.5 Å². The summed E-state index contributed by atoms with van der Waals surface area (Å²) in [5.41, 5.74) is 2.66. The van der Waals surface area contributed by atoms with Crippen LogP contribution in [0, 0.1) is 0 Å². The van der Waals surface area contributed by atoms with E-state index in [2.05, 4.69) is 5.32 Å². The first kappa shape index (κ1) is 13.2. The molecule has 1 N–H and O–H groups in total. The maximum absolute atomic E-state index is 11.5. The first-order valence-corrected chi connectivity index (χ1v) is 7.18. The van der Waals surface area contributed by atoms with Gasteiger partial charge in [0.15, 0.2) is 6.61 Å². The number of anilines is 1. The largest absolute Gasteiger partial charge is 0.489 e. The fourth-order valence-electron chi connectivity index (χ4n) is 2.49. The standard InChI is InChI=1S/C17H15NO4/c19-16-10-22-17-13(15-9-21-15)6-12(7-14(17)18-16)20-8-11-4-2-1-3-5-11/h1-7,15H,8-10H2,(H,18,19)/t15-/m1/s1. The van der Waals surface area contributed by atoms with Crippen molar-refractivity contribution in [2.45, 2.75) is 12.7 Å². The van der Waals surface area contributed by atoms with Crippen LogP contribution < -0.4 is 14.8 Å². The molecule has 1 atom stereocenters. The monoisotopic (exact) mass is 297 g/mol. The Bertz CT molecular complexity index is 710. The van der Waals surface area contributed by atoms with E-state index in [0.717, 1.165) is 11.1 Å². The Balaban J connectivity index is 1.61. The smallest absolute Gasteiger partial charge is 0.262 e. The van der Waals surface area contributed by atoms with Crippen molar-refractivity contribution in [1.82, 2.24) is 0 Å². The number of nitrogens with one attached hydrogen (secondary N) is 1. The highest BCUT2D eigenvalue weighted by Gasteiger charge is 2.32. The molecule has 112 valence electrons. The van der Waals surface area contributed by atoms with Crippen molar-refractivity contribution in [3.8, 4) is 11.5 Å². The molecule has 5 nitrogen and oxygen atoms in total. The van der Waals surface area contributed by atoms with Gasteiger partial charge in [0.25, 0.3) is 5.91 Å². The first-order valence-electron chi connectivity index (χ1n) is 7.18. The number of ether oxygens (including phenoxy) is 3. The Morgan fingerprint density at radius 3 is 2.82 bits per heavy atom. The van der Waals surface area contributed by atoms with Gasteiger partial charge in [-0.15, -0.1) is 0 Å². The predicted molar refractivity (Wildman–Crippen MR) is 80.0 cm³/mol. The third-order valence-corrected chi connectivity index (χ3v) is 3.64. The topological polar surface area (TPSA) is 60.1 Å². The summed E-state index contributed by atoms with van der Waals surface area (Å²) in [6.07, 6.45) is 0.0315. The molecule has 22 heavy (non-hydrogen) atoms. The summed E-state index contributed by atoms with van der Waals surface area (Å²) in [6.45, 7) is 1.18. The predicted octanol–water partition coefficient (Wildman–Crippen LogP) is 2.67. The molecule has 2 aliphatic heterocycles. The normalized spacial score (nSPS) is 18.9. The molecule has 0 bridgehead atoms. The van der Waals surface area contributed by atoms with E-state index in [1.165, 1.54) is 0 Å². The summed E-state index contributed by atoms with van der Waals surface area (Å²) in [4.78, 5) is 11.5. The molecule has 0 saturated carbocycles. The summed E-state index contributed by atoms with van der Waals surface area (Å²) in [5.74, 6) is 1.23. The van der Waals surface area contributed by atoms with Crippen molar-refractivity contribution >= 4 is 11.6 Å². The average molecular weight is 297 g/mol. The molecule has 2 heterocycles. The molecule has 4 rings (SSSR count). The molecule has 1 amide bonds. The van der Waals surface area contributed by atoms with Crippen molar-refractivity contribution in [2.24, 2.45) is 0 Å². The lowest BCUT2D eigenvalue weighted by atomic mass is 10.1. The van der Waals surface area contributed by atoms with Crippen LogP contribution in [0.5, 0.6) is 11.5 Å². The minimum Gasteiger partial charge on any atom is -0.489 e. The highest BCUT2D eigenvalue weighted by molar-refractivity contribution is 5.96. The van der Waals surface area contributed by atoms with Gasteiger partial charge >= 0.3 is 0 Å². The first-order chi connectivity index (χ1) is 10.8. The van der Waals surface area contributed by atoms with Gasteiger partial charge < -0.3 is 19.5 Å². The minimum absolute atomic E-state index is 0.0315. The quantitative estimate of drug-likeness (QED) is 0.881. The van der Waals surface area contributed by atoms with Gasteiger partial charge in [-0.1, -0.05) is 30.3 Å². The molecule has 2 aliphatic rings. The summed E-state index contributed by atoms with van der Waals surface area (Å²) < 4.78 is 16.7. The Morgan fingerprint density at radius 2 is 2.05 bits per heavy atom. The van der Waals surface area contributed by atoms with E-state index in [-0.39, 0.29) is 18.6 Å². The number of benzene rings is 2. The Hall–Kier alpha value is -2.53. The van der Waals surface area contributed by atoms with E-state index in [4.69, 9.17) is 14.2 Å². The zero-order chi connectivity index (χ0) is 14.9. The minimum atomic E-state index is -0.157. The number of fused-ring (bicyclic) bond motifs is 1. The molecular weight excluding hydrogens is 282 g/mol. The summed E-state index contributed by atoms with van der Waals surface area (Å²) >= 11 is 0. The molecule has 5 heteroatoms. The molecular formula is C17H15NO4. The van der Waals surface area contributed by atoms with E-state index in [9.17, 15) is 4.79 Å². The maximum Gasteiger partial charge on any atom is 0.262 e. The van der Waals surface area contributed by atoms with E-state index in [0.29, 0.717) is 30.4 Å². The zero-order valence-electron chi connectivity index (χ0n) is 11.9. The van der Waals surface area contributed by atoms with Gasteiger partial charge in [-0.25, -0.2) is 0 Å².